The summed E-state index contributed by atoms with van der Waals surface area (Å²) in [7, 11) is 6.02. The summed E-state index contributed by atoms with van der Waals surface area (Å²) in [5.74, 6) is 1.18. The van der Waals surface area contributed by atoms with Crippen LogP contribution in [-0.4, -0.2) is 39.8 Å². The zero-order valence-electron chi connectivity index (χ0n) is 10.5. The maximum atomic E-state index is 10.1. The lowest BCUT2D eigenvalue weighted by molar-refractivity contribution is -0.166. The molecule has 0 heterocycles. The van der Waals surface area contributed by atoms with E-state index in [0.717, 1.165) is 0 Å². The molecule has 96 valence electrons. The van der Waals surface area contributed by atoms with E-state index in [4.69, 9.17) is 18.9 Å². The van der Waals surface area contributed by atoms with Gasteiger partial charge in [0.1, 0.15) is 17.6 Å². The lowest BCUT2D eigenvalue weighted by Crippen LogP contribution is -2.23. The molecule has 1 rings (SSSR count). The molecule has 0 aromatic heterocycles. The van der Waals surface area contributed by atoms with Crippen molar-refractivity contribution in [3.8, 4) is 11.5 Å². The average molecular weight is 242 g/mol. The predicted octanol–water partition coefficient (Wildman–Crippen LogP) is 1.36. The van der Waals surface area contributed by atoms with Crippen molar-refractivity contribution in [3.05, 3.63) is 23.8 Å². The van der Waals surface area contributed by atoms with Gasteiger partial charge in [-0.3, -0.25) is 0 Å². The van der Waals surface area contributed by atoms with Crippen LogP contribution in [0.5, 0.6) is 11.5 Å². The van der Waals surface area contributed by atoms with Gasteiger partial charge < -0.3 is 24.1 Å². The van der Waals surface area contributed by atoms with E-state index in [-0.39, 0.29) is 0 Å². The highest BCUT2D eigenvalue weighted by Gasteiger charge is 2.23. The van der Waals surface area contributed by atoms with Gasteiger partial charge in [-0.1, -0.05) is 0 Å². The molecule has 0 aliphatic carbocycles. The fraction of sp³-hybridized carbons (Fsp3) is 0.500. The maximum Gasteiger partial charge on any atom is 0.187 e. The first kappa shape index (κ1) is 13.8. The van der Waals surface area contributed by atoms with Crippen LogP contribution < -0.4 is 9.47 Å². The Morgan fingerprint density at radius 1 is 1.00 bits per heavy atom. The van der Waals surface area contributed by atoms with Crippen LogP contribution >= 0.6 is 0 Å². The van der Waals surface area contributed by atoms with Crippen molar-refractivity contribution in [2.24, 2.45) is 0 Å². The van der Waals surface area contributed by atoms with Gasteiger partial charge in [-0.2, -0.15) is 0 Å². The Labute approximate surface area is 101 Å². The second kappa shape index (κ2) is 6.44. The second-order valence-corrected chi connectivity index (χ2v) is 3.39. The van der Waals surface area contributed by atoms with Gasteiger partial charge in [-0.25, -0.2) is 0 Å². The monoisotopic (exact) mass is 242 g/mol. The molecular weight excluding hydrogens is 224 g/mol. The molecule has 0 aliphatic rings. The predicted molar refractivity (Wildman–Crippen MR) is 62.3 cm³/mol. The summed E-state index contributed by atoms with van der Waals surface area (Å²) >= 11 is 0. The normalized spacial score (nSPS) is 12.6. The van der Waals surface area contributed by atoms with Gasteiger partial charge in [0.15, 0.2) is 6.29 Å². The number of rotatable bonds is 6. The van der Waals surface area contributed by atoms with Gasteiger partial charge >= 0.3 is 0 Å². The van der Waals surface area contributed by atoms with E-state index in [1.807, 2.05) is 0 Å². The van der Waals surface area contributed by atoms with Gasteiger partial charge in [-0.15, -0.1) is 0 Å². The van der Waals surface area contributed by atoms with E-state index in [1.165, 1.54) is 21.3 Å². The molecule has 0 aliphatic heterocycles. The lowest BCUT2D eigenvalue weighted by Gasteiger charge is -2.22. The number of hydrogen-bond donors (Lipinski definition) is 1. The van der Waals surface area contributed by atoms with E-state index in [0.29, 0.717) is 17.1 Å². The molecule has 0 bridgehead atoms. The first-order valence-electron chi connectivity index (χ1n) is 5.13. The van der Waals surface area contributed by atoms with Crippen LogP contribution in [0.3, 0.4) is 0 Å². The number of ether oxygens (including phenoxy) is 4. The molecule has 0 radical (unpaired) electrons. The molecule has 0 saturated carbocycles. The Hall–Kier alpha value is -1.30. The highest BCUT2D eigenvalue weighted by atomic mass is 16.7. The van der Waals surface area contributed by atoms with E-state index in [1.54, 1.807) is 25.3 Å². The fourth-order valence-electron chi connectivity index (χ4n) is 1.57. The van der Waals surface area contributed by atoms with Crippen LogP contribution in [0, 0.1) is 0 Å². The van der Waals surface area contributed by atoms with Crippen molar-refractivity contribution >= 4 is 0 Å². The third-order valence-electron chi connectivity index (χ3n) is 2.48. The van der Waals surface area contributed by atoms with Crippen molar-refractivity contribution in [2.45, 2.75) is 12.4 Å². The first-order chi connectivity index (χ1) is 8.17. The van der Waals surface area contributed by atoms with Gasteiger partial charge in [-0.05, 0) is 18.2 Å². The Kier molecular flexibility index (Phi) is 5.21. The van der Waals surface area contributed by atoms with Crippen LogP contribution in [0.25, 0.3) is 0 Å². The Bertz CT molecular complexity index is 349. The van der Waals surface area contributed by atoms with Crippen LogP contribution in [0.1, 0.15) is 11.7 Å². The highest BCUT2D eigenvalue weighted by molar-refractivity contribution is 5.41. The fourth-order valence-corrected chi connectivity index (χ4v) is 1.57. The number of aliphatic hydroxyl groups is 1. The van der Waals surface area contributed by atoms with E-state index in [9.17, 15) is 5.11 Å². The van der Waals surface area contributed by atoms with Gasteiger partial charge in [0.05, 0.1) is 14.2 Å². The summed E-state index contributed by atoms with van der Waals surface area (Å²) in [5.41, 5.74) is 0.556. The third kappa shape index (κ3) is 3.09. The Morgan fingerprint density at radius 2 is 1.65 bits per heavy atom. The summed E-state index contributed by atoms with van der Waals surface area (Å²) in [5, 5.41) is 10.1. The van der Waals surface area contributed by atoms with Crippen molar-refractivity contribution in [3.63, 3.8) is 0 Å². The van der Waals surface area contributed by atoms with Crippen molar-refractivity contribution in [1.82, 2.24) is 0 Å². The topological polar surface area (TPSA) is 57.2 Å². The molecule has 1 aromatic rings. The number of methoxy groups -OCH3 is 4. The summed E-state index contributed by atoms with van der Waals surface area (Å²) in [6.07, 6.45) is -1.70. The van der Waals surface area contributed by atoms with Crippen LogP contribution in [0.4, 0.5) is 0 Å². The molecule has 5 nitrogen and oxygen atoms in total. The Morgan fingerprint density at radius 3 is 2.12 bits per heavy atom. The minimum atomic E-state index is -0.949. The maximum absolute atomic E-state index is 10.1. The molecule has 1 atom stereocenters. The van der Waals surface area contributed by atoms with Crippen molar-refractivity contribution < 1.29 is 24.1 Å². The molecule has 1 aromatic carbocycles. The molecular formula is C12H18O5. The van der Waals surface area contributed by atoms with Gasteiger partial charge in [0, 0.05) is 19.8 Å². The zero-order chi connectivity index (χ0) is 12.8. The zero-order valence-corrected chi connectivity index (χ0v) is 10.5. The summed E-state index contributed by atoms with van der Waals surface area (Å²) in [6, 6.07) is 5.16. The summed E-state index contributed by atoms with van der Waals surface area (Å²) < 4.78 is 20.3. The van der Waals surface area contributed by atoms with Gasteiger partial charge in [0.2, 0.25) is 0 Å². The second-order valence-electron chi connectivity index (χ2n) is 3.39. The third-order valence-corrected chi connectivity index (χ3v) is 2.48. The molecule has 0 saturated heterocycles. The largest absolute Gasteiger partial charge is 0.497 e. The molecule has 17 heavy (non-hydrogen) atoms. The summed E-state index contributed by atoms with van der Waals surface area (Å²) in [4.78, 5) is 0. The quantitative estimate of drug-likeness (QED) is 0.763. The minimum absolute atomic E-state index is 0.553. The van der Waals surface area contributed by atoms with E-state index >= 15 is 0 Å². The number of aliphatic hydroxyl groups excluding tert-OH is 1. The van der Waals surface area contributed by atoms with Crippen LogP contribution in [0.2, 0.25) is 0 Å². The summed E-state index contributed by atoms with van der Waals surface area (Å²) in [6.45, 7) is 0. The van der Waals surface area contributed by atoms with E-state index in [2.05, 4.69) is 0 Å². The van der Waals surface area contributed by atoms with Crippen LogP contribution in [-0.2, 0) is 9.47 Å². The molecule has 0 fully saturated rings. The molecule has 5 heteroatoms. The SMILES string of the molecule is COc1ccc(OC)c(C(O)C(OC)OC)c1. The number of hydrogen-bond acceptors (Lipinski definition) is 5. The molecule has 1 N–H and O–H groups in total. The first-order valence-corrected chi connectivity index (χ1v) is 5.13. The van der Waals surface area contributed by atoms with Crippen LogP contribution in [0.15, 0.2) is 18.2 Å². The van der Waals surface area contributed by atoms with Crippen molar-refractivity contribution in [1.29, 1.82) is 0 Å². The number of benzene rings is 1. The minimum Gasteiger partial charge on any atom is -0.497 e. The lowest BCUT2D eigenvalue weighted by atomic mass is 10.1. The van der Waals surface area contributed by atoms with Gasteiger partial charge in [0.25, 0.3) is 0 Å². The molecule has 0 spiro atoms. The molecule has 0 amide bonds. The standard InChI is InChI=1S/C12H18O5/c1-14-8-5-6-10(15-2)9(7-8)11(13)12(16-3)17-4/h5-7,11-13H,1-4H3. The van der Waals surface area contributed by atoms with Crippen molar-refractivity contribution in [2.75, 3.05) is 28.4 Å². The highest BCUT2D eigenvalue weighted by Crippen LogP contribution is 2.31. The Balaban J connectivity index is 3.08. The average Bonchev–Trinajstić information content (AvgIpc) is 2.39. The molecule has 1 unspecified atom stereocenters. The smallest absolute Gasteiger partial charge is 0.187 e. The van der Waals surface area contributed by atoms with E-state index < -0.39 is 12.4 Å².